The number of para-hydroxylation sites is 1. The number of nitro benzene ring substituents is 1. The molecule has 2 aromatic heterocycles. The monoisotopic (exact) mass is 427 g/mol. The molecule has 0 bridgehead atoms. The van der Waals surface area contributed by atoms with Crippen molar-refractivity contribution in [2.24, 2.45) is 0 Å². The Labute approximate surface area is 171 Å². The summed E-state index contributed by atoms with van der Waals surface area (Å²) in [5.41, 5.74) is 0.236. The first-order valence-corrected chi connectivity index (χ1v) is 9.42. The van der Waals surface area contributed by atoms with Gasteiger partial charge in [-0.2, -0.15) is 0 Å². The minimum atomic E-state index is -0.667. The second kappa shape index (κ2) is 7.46. The van der Waals surface area contributed by atoms with Crippen LogP contribution in [-0.4, -0.2) is 15.8 Å². The van der Waals surface area contributed by atoms with Crippen molar-refractivity contribution in [3.05, 3.63) is 85.0 Å². The van der Waals surface area contributed by atoms with Crippen molar-refractivity contribution >= 4 is 50.6 Å². The maximum atomic E-state index is 12.4. The van der Waals surface area contributed by atoms with Gasteiger partial charge in [0, 0.05) is 22.4 Å². The number of halogens is 1. The second-order valence-electron chi connectivity index (χ2n) is 5.90. The molecule has 29 heavy (non-hydrogen) atoms. The van der Waals surface area contributed by atoms with Crippen LogP contribution < -0.4 is 10.9 Å². The van der Waals surface area contributed by atoms with Crippen LogP contribution in [0.25, 0.3) is 22.2 Å². The fourth-order valence-corrected chi connectivity index (χ4v) is 3.55. The summed E-state index contributed by atoms with van der Waals surface area (Å²) in [4.78, 5) is 39.2. The molecule has 0 unspecified atom stereocenters. The lowest BCUT2D eigenvalue weighted by molar-refractivity contribution is -0.384. The summed E-state index contributed by atoms with van der Waals surface area (Å²) in [6, 6.07) is 12.5. The van der Waals surface area contributed by atoms with Crippen molar-refractivity contribution in [3.8, 4) is 11.3 Å². The SMILES string of the molecule is O=C(Nc1nc(-c2cc3ccccc3oc2=O)cs1)c1ccc(Cl)c([N+](=O)[O-])c1. The molecule has 2 heterocycles. The molecule has 0 aliphatic rings. The van der Waals surface area contributed by atoms with Gasteiger partial charge in [0.2, 0.25) is 0 Å². The number of hydrogen-bond acceptors (Lipinski definition) is 7. The molecule has 4 aromatic rings. The third-order valence-electron chi connectivity index (χ3n) is 4.05. The Bertz CT molecular complexity index is 1330. The molecule has 0 radical (unpaired) electrons. The number of fused-ring (bicyclic) bond motifs is 1. The summed E-state index contributed by atoms with van der Waals surface area (Å²) in [5, 5.41) is 16.1. The van der Waals surface area contributed by atoms with Gasteiger partial charge in [-0.05, 0) is 24.3 Å². The first-order valence-electron chi connectivity index (χ1n) is 8.16. The lowest BCUT2D eigenvalue weighted by Gasteiger charge is -2.03. The van der Waals surface area contributed by atoms with E-state index < -0.39 is 16.5 Å². The van der Waals surface area contributed by atoms with E-state index in [2.05, 4.69) is 10.3 Å². The number of hydrogen-bond donors (Lipinski definition) is 1. The maximum Gasteiger partial charge on any atom is 0.345 e. The number of nitrogens with zero attached hydrogens (tertiary/aromatic N) is 2. The molecule has 0 aliphatic heterocycles. The molecule has 0 spiro atoms. The molecular weight excluding hydrogens is 418 g/mol. The number of carbonyl (C=O) groups is 1. The standard InChI is InChI=1S/C19H10ClN3O5S/c20-13-6-5-11(8-15(13)23(26)27)17(24)22-19-21-14(9-29-19)12-7-10-3-1-2-4-16(10)28-18(12)25/h1-9H,(H,21,22,24). The Morgan fingerprint density at radius 3 is 2.79 bits per heavy atom. The van der Waals surface area contributed by atoms with Gasteiger partial charge in [-0.25, -0.2) is 9.78 Å². The van der Waals surface area contributed by atoms with Gasteiger partial charge in [-0.1, -0.05) is 29.8 Å². The van der Waals surface area contributed by atoms with Gasteiger partial charge in [0.1, 0.15) is 10.6 Å². The number of carbonyl (C=O) groups excluding carboxylic acids is 1. The molecule has 8 nitrogen and oxygen atoms in total. The molecule has 144 valence electrons. The van der Waals surface area contributed by atoms with E-state index in [0.29, 0.717) is 11.3 Å². The van der Waals surface area contributed by atoms with Gasteiger partial charge >= 0.3 is 5.63 Å². The summed E-state index contributed by atoms with van der Waals surface area (Å²) in [6.45, 7) is 0. The average Bonchev–Trinajstić information content (AvgIpc) is 3.15. The van der Waals surface area contributed by atoms with Crippen LogP contribution in [0.4, 0.5) is 10.8 Å². The Morgan fingerprint density at radius 2 is 2.00 bits per heavy atom. The van der Waals surface area contributed by atoms with Crippen LogP contribution in [0.1, 0.15) is 10.4 Å². The molecule has 0 fully saturated rings. The van der Waals surface area contributed by atoms with Crippen molar-refractivity contribution in [1.29, 1.82) is 0 Å². The van der Waals surface area contributed by atoms with Crippen molar-refractivity contribution in [2.75, 3.05) is 5.32 Å². The zero-order chi connectivity index (χ0) is 20.5. The van der Waals surface area contributed by atoms with Crippen LogP contribution in [0, 0.1) is 10.1 Å². The molecular formula is C19H10ClN3O5S. The van der Waals surface area contributed by atoms with E-state index in [1.54, 1.807) is 23.6 Å². The smallest absolute Gasteiger partial charge is 0.345 e. The molecule has 2 aromatic carbocycles. The molecule has 4 rings (SSSR count). The fourth-order valence-electron chi connectivity index (χ4n) is 2.66. The number of aromatic nitrogens is 1. The molecule has 0 saturated carbocycles. The average molecular weight is 428 g/mol. The summed E-state index contributed by atoms with van der Waals surface area (Å²) in [6.07, 6.45) is 0. The number of nitro groups is 1. The van der Waals surface area contributed by atoms with Crippen LogP contribution in [0.5, 0.6) is 0 Å². The predicted octanol–water partition coefficient (Wildman–Crippen LogP) is 4.73. The van der Waals surface area contributed by atoms with Gasteiger partial charge in [0.15, 0.2) is 5.13 Å². The van der Waals surface area contributed by atoms with E-state index in [1.165, 1.54) is 12.1 Å². The van der Waals surface area contributed by atoms with Crippen molar-refractivity contribution in [3.63, 3.8) is 0 Å². The van der Waals surface area contributed by atoms with Gasteiger partial charge in [-0.15, -0.1) is 11.3 Å². The van der Waals surface area contributed by atoms with E-state index >= 15 is 0 Å². The molecule has 10 heteroatoms. The van der Waals surface area contributed by atoms with Crippen molar-refractivity contribution in [2.45, 2.75) is 0 Å². The minimum Gasteiger partial charge on any atom is -0.422 e. The number of anilines is 1. The van der Waals surface area contributed by atoms with E-state index in [0.717, 1.165) is 22.8 Å². The first-order chi connectivity index (χ1) is 13.9. The van der Waals surface area contributed by atoms with Gasteiger partial charge in [-0.3, -0.25) is 20.2 Å². The Morgan fingerprint density at radius 1 is 1.21 bits per heavy atom. The Kier molecular flexibility index (Phi) is 4.83. The highest BCUT2D eigenvalue weighted by Gasteiger charge is 2.18. The van der Waals surface area contributed by atoms with E-state index in [1.807, 2.05) is 12.1 Å². The zero-order valence-corrected chi connectivity index (χ0v) is 16.0. The van der Waals surface area contributed by atoms with Gasteiger partial charge in [0.05, 0.1) is 16.2 Å². The second-order valence-corrected chi connectivity index (χ2v) is 7.17. The van der Waals surface area contributed by atoms with Crippen LogP contribution in [0.3, 0.4) is 0 Å². The summed E-state index contributed by atoms with van der Waals surface area (Å²) >= 11 is 6.87. The number of nitrogens with one attached hydrogen (secondary N) is 1. The van der Waals surface area contributed by atoms with E-state index in [9.17, 15) is 19.7 Å². The van der Waals surface area contributed by atoms with E-state index in [-0.39, 0.29) is 27.0 Å². The largest absolute Gasteiger partial charge is 0.422 e. The van der Waals surface area contributed by atoms with Crippen molar-refractivity contribution in [1.82, 2.24) is 4.98 Å². The molecule has 1 N–H and O–H groups in total. The van der Waals surface area contributed by atoms with Crippen LogP contribution in [0.2, 0.25) is 5.02 Å². The highest BCUT2D eigenvalue weighted by molar-refractivity contribution is 7.14. The molecule has 0 saturated heterocycles. The summed E-state index contributed by atoms with van der Waals surface area (Å²) < 4.78 is 5.30. The normalized spacial score (nSPS) is 10.8. The summed E-state index contributed by atoms with van der Waals surface area (Å²) in [5.74, 6) is -0.587. The van der Waals surface area contributed by atoms with Crippen LogP contribution in [-0.2, 0) is 0 Å². The van der Waals surface area contributed by atoms with Gasteiger partial charge in [0.25, 0.3) is 11.6 Å². The topological polar surface area (TPSA) is 115 Å². The number of benzene rings is 2. The van der Waals surface area contributed by atoms with E-state index in [4.69, 9.17) is 16.0 Å². The van der Waals surface area contributed by atoms with Crippen LogP contribution in [0.15, 0.2) is 63.1 Å². The fraction of sp³-hybridized carbons (Fsp3) is 0. The quantitative estimate of drug-likeness (QED) is 0.286. The molecule has 0 atom stereocenters. The van der Waals surface area contributed by atoms with Crippen molar-refractivity contribution < 1.29 is 14.1 Å². The third kappa shape index (κ3) is 3.73. The molecule has 1 amide bonds. The minimum absolute atomic E-state index is 0.0584. The van der Waals surface area contributed by atoms with Gasteiger partial charge < -0.3 is 4.42 Å². The Balaban J connectivity index is 1.61. The highest BCUT2D eigenvalue weighted by Crippen LogP contribution is 2.27. The number of amides is 1. The van der Waals surface area contributed by atoms with Crippen LogP contribution >= 0.6 is 22.9 Å². The Hall–Kier alpha value is -3.56. The lowest BCUT2D eigenvalue weighted by atomic mass is 10.1. The predicted molar refractivity (Wildman–Crippen MR) is 110 cm³/mol. The number of rotatable bonds is 4. The first kappa shape index (κ1) is 18.8. The lowest BCUT2D eigenvalue weighted by Crippen LogP contribution is -2.12. The molecule has 0 aliphatic carbocycles. The maximum absolute atomic E-state index is 12.4. The summed E-state index contributed by atoms with van der Waals surface area (Å²) in [7, 11) is 0. The number of thiazole rings is 1. The highest BCUT2D eigenvalue weighted by atomic mass is 35.5. The third-order valence-corrected chi connectivity index (χ3v) is 5.12. The zero-order valence-electron chi connectivity index (χ0n) is 14.4.